The lowest BCUT2D eigenvalue weighted by Gasteiger charge is -2.34. The second kappa shape index (κ2) is 17.0. The molecular weight excluding hydrogens is 815 g/mol. The van der Waals surface area contributed by atoms with E-state index in [9.17, 15) is 0 Å². The van der Waals surface area contributed by atoms with Crippen LogP contribution in [0.5, 0.6) is 0 Å². The van der Waals surface area contributed by atoms with Gasteiger partial charge in [0.2, 0.25) is 0 Å². The number of aromatic nitrogens is 5. The molecule has 67 heavy (non-hydrogen) atoms. The zero-order valence-electron chi connectivity index (χ0n) is 36.6. The van der Waals surface area contributed by atoms with E-state index in [1.54, 1.807) is 0 Å². The van der Waals surface area contributed by atoms with Crippen molar-refractivity contribution in [1.82, 2.24) is 24.9 Å². The van der Waals surface area contributed by atoms with Crippen molar-refractivity contribution in [2.24, 2.45) is 0 Å². The van der Waals surface area contributed by atoms with Gasteiger partial charge < -0.3 is 0 Å². The zero-order valence-corrected chi connectivity index (χ0v) is 36.6. The van der Waals surface area contributed by atoms with Gasteiger partial charge in [0.05, 0.1) is 16.8 Å². The smallest absolute Gasteiger partial charge is 0.163 e. The largest absolute Gasteiger partial charge is 0.228 e. The molecular formula is C62H43N5. The van der Waals surface area contributed by atoms with E-state index >= 15 is 0 Å². The number of fused-ring (bicyclic) bond motifs is 3. The van der Waals surface area contributed by atoms with Gasteiger partial charge in [-0.1, -0.05) is 224 Å². The van der Waals surface area contributed by atoms with Gasteiger partial charge in [0.1, 0.15) is 5.82 Å². The van der Waals surface area contributed by atoms with E-state index in [0.717, 1.165) is 62.6 Å². The summed E-state index contributed by atoms with van der Waals surface area (Å²) in [5, 5.41) is 0. The van der Waals surface area contributed by atoms with Crippen molar-refractivity contribution >= 4 is 0 Å². The molecule has 316 valence electrons. The molecule has 8 aromatic carbocycles. The Morgan fingerprint density at radius 3 is 1.42 bits per heavy atom. The third kappa shape index (κ3) is 7.18. The lowest BCUT2D eigenvalue weighted by Crippen LogP contribution is -2.28. The van der Waals surface area contributed by atoms with Gasteiger partial charge in [-0.3, -0.25) is 0 Å². The summed E-state index contributed by atoms with van der Waals surface area (Å²) < 4.78 is 0. The molecule has 2 aliphatic rings. The molecule has 0 N–H and O–H groups in total. The second-order valence-electron chi connectivity index (χ2n) is 17.1. The molecule has 2 heterocycles. The number of allylic oxidation sites excluding steroid dienone is 4. The van der Waals surface area contributed by atoms with Crippen molar-refractivity contribution in [3.05, 3.63) is 271 Å². The average molecular weight is 858 g/mol. The molecule has 2 aliphatic carbocycles. The molecule has 0 aliphatic heterocycles. The molecule has 0 amide bonds. The maximum atomic E-state index is 5.46. The Labute approximate surface area is 390 Å². The summed E-state index contributed by atoms with van der Waals surface area (Å²) in [7, 11) is 0. The predicted octanol–water partition coefficient (Wildman–Crippen LogP) is 14.6. The summed E-state index contributed by atoms with van der Waals surface area (Å²) in [6.07, 6.45) is 9.34. The first-order valence-corrected chi connectivity index (χ1v) is 22.9. The molecule has 10 aromatic rings. The Bertz CT molecular complexity index is 3360. The van der Waals surface area contributed by atoms with Crippen LogP contribution in [0.1, 0.15) is 40.4 Å². The van der Waals surface area contributed by atoms with Crippen LogP contribution in [0.15, 0.2) is 243 Å². The van der Waals surface area contributed by atoms with Gasteiger partial charge in [-0.05, 0) is 69.1 Å². The van der Waals surface area contributed by atoms with Crippen LogP contribution in [-0.2, 0) is 5.41 Å². The minimum absolute atomic E-state index is 0.0663. The molecule has 5 heteroatoms. The van der Waals surface area contributed by atoms with Crippen LogP contribution in [0, 0.1) is 0 Å². The fraction of sp³-hybridized carbons (Fsp3) is 0.0484. The number of nitrogens with zero attached hydrogens (tertiary/aromatic N) is 5. The van der Waals surface area contributed by atoms with Crippen LogP contribution in [-0.4, -0.2) is 24.9 Å². The van der Waals surface area contributed by atoms with Crippen LogP contribution in [0.4, 0.5) is 0 Å². The lowest BCUT2D eigenvalue weighted by atomic mass is 9.67. The summed E-state index contributed by atoms with van der Waals surface area (Å²) in [5.41, 5.74) is 15.2. The normalized spacial score (nSPS) is 14.4. The molecule has 0 fully saturated rings. The van der Waals surface area contributed by atoms with E-state index in [-0.39, 0.29) is 5.92 Å². The van der Waals surface area contributed by atoms with E-state index < -0.39 is 5.41 Å². The Hall–Kier alpha value is -8.67. The van der Waals surface area contributed by atoms with Crippen molar-refractivity contribution < 1.29 is 0 Å². The van der Waals surface area contributed by atoms with Crippen LogP contribution in [0.25, 0.3) is 78.9 Å². The topological polar surface area (TPSA) is 64.5 Å². The van der Waals surface area contributed by atoms with Crippen molar-refractivity contribution in [2.45, 2.75) is 17.8 Å². The predicted molar refractivity (Wildman–Crippen MR) is 271 cm³/mol. The SMILES string of the molecule is C1=CCC(c2nc(-c3ccccc3)nc(-c3ccc(-c4cc5c(cc4-c4nc(-c6ccccc6)cc(-c6ccccc6)n4)C(c4ccccc4)(c4ccccc4)c4ccccc4-5)cc3)n2)C=C1. The van der Waals surface area contributed by atoms with Gasteiger partial charge in [-0.2, -0.15) is 0 Å². The summed E-state index contributed by atoms with van der Waals surface area (Å²) in [6, 6.07) is 77.3. The number of hydrogen-bond donors (Lipinski definition) is 0. The highest BCUT2D eigenvalue weighted by Crippen LogP contribution is 2.58. The molecule has 0 saturated heterocycles. The molecule has 12 rings (SSSR count). The van der Waals surface area contributed by atoms with Gasteiger partial charge in [0, 0.05) is 33.7 Å². The van der Waals surface area contributed by atoms with Crippen LogP contribution >= 0.6 is 0 Å². The Kier molecular flexibility index (Phi) is 10.1. The van der Waals surface area contributed by atoms with Crippen LogP contribution < -0.4 is 0 Å². The Morgan fingerprint density at radius 1 is 0.343 bits per heavy atom. The third-order valence-corrected chi connectivity index (χ3v) is 13.2. The zero-order chi connectivity index (χ0) is 44.6. The van der Waals surface area contributed by atoms with Gasteiger partial charge in [0.15, 0.2) is 17.5 Å². The Morgan fingerprint density at radius 2 is 0.851 bits per heavy atom. The summed E-state index contributed by atoms with van der Waals surface area (Å²) >= 11 is 0. The average Bonchev–Trinajstić information content (AvgIpc) is 3.72. The van der Waals surface area contributed by atoms with Crippen molar-refractivity contribution in [2.75, 3.05) is 0 Å². The van der Waals surface area contributed by atoms with E-state index in [1.165, 1.54) is 33.4 Å². The monoisotopic (exact) mass is 857 g/mol. The first kappa shape index (κ1) is 39.9. The maximum Gasteiger partial charge on any atom is 0.163 e. The first-order valence-electron chi connectivity index (χ1n) is 22.9. The number of benzene rings is 8. The molecule has 1 atom stereocenters. The second-order valence-corrected chi connectivity index (χ2v) is 17.1. The van der Waals surface area contributed by atoms with E-state index in [0.29, 0.717) is 17.5 Å². The van der Waals surface area contributed by atoms with E-state index in [1.807, 2.05) is 30.3 Å². The van der Waals surface area contributed by atoms with Crippen molar-refractivity contribution in [1.29, 1.82) is 0 Å². The van der Waals surface area contributed by atoms with Gasteiger partial charge in [-0.25, -0.2) is 24.9 Å². The summed E-state index contributed by atoms with van der Waals surface area (Å²) in [4.78, 5) is 26.1. The highest BCUT2D eigenvalue weighted by molar-refractivity contribution is 5.94. The molecule has 0 spiro atoms. The fourth-order valence-electron chi connectivity index (χ4n) is 9.97. The molecule has 5 nitrogen and oxygen atoms in total. The Balaban J connectivity index is 1.10. The molecule has 2 aromatic heterocycles. The van der Waals surface area contributed by atoms with Gasteiger partial charge >= 0.3 is 0 Å². The van der Waals surface area contributed by atoms with Gasteiger partial charge in [-0.15, -0.1) is 0 Å². The highest BCUT2D eigenvalue weighted by Gasteiger charge is 2.46. The van der Waals surface area contributed by atoms with E-state index in [2.05, 4.69) is 212 Å². The molecule has 0 bridgehead atoms. The highest BCUT2D eigenvalue weighted by atomic mass is 15.0. The molecule has 1 unspecified atom stereocenters. The third-order valence-electron chi connectivity index (χ3n) is 13.2. The minimum Gasteiger partial charge on any atom is -0.228 e. The number of hydrogen-bond acceptors (Lipinski definition) is 5. The van der Waals surface area contributed by atoms with E-state index in [4.69, 9.17) is 24.9 Å². The molecule has 0 saturated carbocycles. The summed E-state index contributed by atoms with van der Waals surface area (Å²) in [6.45, 7) is 0. The van der Waals surface area contributed by atoms with Crippen molar-refractivity contribution in [3.8, 4) is 78.9 Å². The lowest BCUT2D eigenvalue weighted by molar-refractivity contribution is 0.764. The molecule has 0 radical (unpaired) electrons. The maximum absolute atomic E-state index is 5.46. The van der Waals surface area contributed by atoms with Crippen LogP contribution in [0.3, 0.4) is 0 Å². The summed E-state index contributed by atoms with van der Waals surface area (Å²) in [5.74, 6) is 2.78. The van der Waals surface area contributed by atoms with Gasteiger partial charge in [0.25, 0.3) is 0 Å². The quantitative estimate of drug-likeness (QED) is 0.145. The minimum atomic E-state index is -0.610. The fourth-order valence-corrected chi connectivity index (χ4v) is 9.97. The first-order chi connectivity index (χ1) is 33.2. The van der Waals surface area contributed by atoms with Crippen molar-refractivity contribution in [3.63, 3.8) is 0 Å². The standard InChI is InChI=1S/C62H43N5/c1-7-21-43(22-8-1)56-41-57(44-23-9-2-10-24-44)64-61(63-56)53-40-55-52(50-33-19-20-34-54(50)62(55,48-29-15-5-16-30-48)49-31-17-6-18-32-49)39-51(53)42-35-37-47(38-36-42)60-66-58(45-25-11-3-12-26-45)65-59(67-60)46-27-13-4-14-28-46/h1-27,29-41,46H,28H2. The van der Waals surface area contributed by atoms with Crippen LogP contribution in [0.2, 0.25) is 0 Å². The number of rotatable bonds is 9.